The molecule has 0 spiro atoms. The first-order valence-electron chi connectivity index (χ1n) is 8.82. The standard InChI is InChI=1S/C21H27N3O/c1-4-5-11-20(18-9-7-6-8-10-18)23-24-21(25)15-22-19-13-12-16(2)14-17(19)3/h6-10,12-14,22H,4-5,11,15H2,1-3H3,(H,24,25)/b23-20+. The number of hydrazone groups is 1. The molecule has 4 nitrogen and oxygen atoms in total. The third-order valence-corrected chi connectivity index (χ3v) is 4.01. The Morgan fingerprint density at radius 2 is 1.84 bits per heavy atom. The lowest BCUT2D eigenvalue weighted by Crippen LogP contribution is -2.27. The third-order valence-electron chi connectivity index (χ3n) is 4.01. The minimum atomic E-state index is -0.148. The normalized spacial score (nSPS) is 11.2. The van der Waals surface area contributed by atoms with E-state index in [9.17, 15) is 4.79 Å². The van der Waals surface area contributed by atoms with Gasteiger partial charge in [0.05, 0.1) is 12.3 Å². The number of aryl methyl sites for hydroxylation is 2. The van der Waals surface area contributed by atoms with Crippen LogP contribution in [0.1, 0.15) is 42.9 Å². The van der Waals surface area contributed by atoms with Crippen molar-refractivity contribution in [1.29, 1.82) is 0 Å². The van der Waals surface area contributed by atoms with Crippen LogP contribution in [0.2, 0.25) is 0 Å². The molecule has 0 fully saturated rings. The molecular formula is C21H27N3O. The van der Waals surface area contributed by atoms with Gasteiger partial charge in [0, 0.05) is 5.69 Å². The highest BCUT2D eigenvalue weighted by atomic mass is 16.2. The number of anilines is 1. The lowest BCUT2D eigenvalue weighted by molar-refractivity contribution is -0.119. The second-order valence-electron chi connectivity index (χ2n) is 6.23. The molecular weight excluding hydrogens is 310 g/mol. The molecule has 0 atom stereocenters. The molecule has 2 N–H and O–H groups in total. The monoisotopic (exact) mass is 337 g/mol. The summed E-state index contributed by atoms with van der Waals surface area (Å²) in [6.45, 7) is 6.43. The summed E-state index contributed by atoms with van der Waals surface area (Å²) in [4.78, 5) is 12.1. The zero-order chi connectivity index (χ0) is 18.1. The van der Waals surface area contributed by atoms with Gasteiger partial charge in [-0.25, -0.2) is 5.43 Å². The number of carbonyl (C=O) groups excluding carboxylic acids is 1. The number of nitrogens with one attached hydrogen (secondary N) is 2. The molecule has 0 saturated heterocycles. The lowest BCUT2D eigenvalue weighted by atomic mass is 10.1. The predicted molar refractivity (Wildman–Crippen MR) is 105 cm³/mol. The maximum Gasteiger partial charge on any atom is 0.259 e. The van der Waals surface area contributed by atoms with Crippen LogP contribution in [0.5, 0.6) is 0 Å². The highest BCUT2D eigenvalue weighted by Crippen LogP contribution is 2.15. The Bertz CT molecular complexity index is 723. The molecule has 0 radical (unpaired) electrons. The van der Waals surface area contributed by atoms with Gasteiger partial charge in [-0.1, -0.05) is 61.4 Å². The Kier molecular flexibility index (Phi) is 7.20. The maximum absolute atomic E-state index is 12.1. The minimum absolute atomic E-state index is 0.148. The molecule has 0 unspecified atom stereocenters. The van der Waals surface area contributed by atoms with Crippen LogP contribution >= 0.6 is 0 Å². The largest absolute Gasteiger partial charge is 0.376 e. The van der Waals surface area contributed by atoms with E-state index in [2.05, 4.69) is 35.8 Å². The van der Waals surface area contributed by atoms with E-state index in [0.717, 1.165) is 41.8 Å². The van der Waals surface area contributed by atoms with Crippen molar-refractivity contribution < 1.29 is 4.79 Å². The predicted octanol–water partition coefficient (Wildman–Crippen LogP) is 4.43. The summed E-state index contributed by atoms with van der Waals surface area (Å²) in [6.07, 6.45) is 2.99. The molecule has 25 heavy (non-hydrogen) atoms. The minimum Gasteiger partial charge on any atom is -0.376 e. The van der Waals surface area contributed by atoms with Gasteiger partial charge in [0.1, 0.15) is 0 Å². The van der Waals surface area contributed by atoms with Gasteiger partial charge >= 0.3 is 0 Å². The Morgan fingerprint density at radius 1 is 1.08 bits per heavy atom. The van der Waals surface area contributed by atoms with Gasteiger partial charge in [-0.3, -0.25) is 4.79 Å². The molecule has 132 valence electrons. The summed E-state index contributed by atoms with van der Waals surface area (Å²) in [6, 6.07) is 16.1. The van der Waals surface area contributed by atoms with Gasteiger partial charge in [0.2, 0.25) is 0 Å². The molecule has 0 bridgehead atoms. The van der Waals surface area contributed by atoms with Crippen molar-refractivity contribution in [3.63, 3.8) is 0 Å². The summed E-state index contributed by atoms with van der Waals surface area (Å²) in [5.74, 6) is -0.148. The van der Waals surface area contributed by atoms with Crippen molar-refractivity contribution in [2.75, 3.05) is 11.9 Å². The van der Waals surface area contributed by atoms with E-state index >= 15 is 0 Å². The van der Waals surface area contributed by atoms with Gasteiger partial charge in [-0.2, -0.15) is 5.10 Å². The van der Waals surface area contributed by atoms with Gasteiger partial charge in [0.15, 0.2) is 0 Å². The van der Waals surface area contributed by atoms with Crippen molar-refractivity contribution >= 4 is 17.3 Å². The van der Waals surface area contributed by atoms with Gasteiger partial charge in [-0.05, 0) is 43.9 Å². The van der Waals surface area contributed by atoms with Crippen LogP contribution in [0.25, 0.3) is 0 Å². The number of benzene rings is 2. The summed E-state index contributed by atoms with van der Waals surface area (Å²) < 4.78 is 0. The van der Waals surface area contributed by atoms with Crippen LogP contribution in [0.4, 0.5) is 5.69 Å². The van der Waals surface area contributed by atoms with Crippen LogP contribution < -0.4 is 10.7 Å². The number of unbranched alkanes of at least 4 members (excludes halogenated alkanes) is 1. The Labute approximate surface area is 150 Å². The zero-order valence-electron chi connectivity index (χ0n) is 15.3. The number of carbonyl (C=O) groups is 1. The molecule has 0 aromatic heterocycles. The van der Waals surface area contributed by atoms with Crippen molar-refractivity contribution in [3.8, 4) is 0 Å². The smallest absolute Gasteiger partial charge is 0.259 e. The topological polar surface area (TPSA) is 53.5 Å². The van der Waals surface area contributed by atoms with E-state index in [-0.39, 0.29) is 12.5 Å². The van der Waals surface area contributed by atoms with Crippen molar-refractivity contribution in [2.45, 2.75) is 40.0 Å². The van der Waals surface area contributed by atoms with E-state index in [0.29, 0.717) is 0 Å². The lowest BCUT2D eigenvalue weighted by Gasteiger charge is -2.10. The Morgan fingerprint density at radius 3 is 2.52 bits per heavy atom. The molecule has 2 aromatic carbocycles. The molecule has 4 heteroatoms. The van der Waals surface area contributed by atoms with Gasteiger partial charge in [-0.15, -0.1) is 0 Å². The fourth-order valence-corrected chi connectivity index (χ4v) is 2.60. The van der Waals surface area contributed by atoms with Crippen LogP contribution in [-0.4, -0.2) is 18.2 Å². The fraction of sp³-hybridized carbons (Fsp3) is 0.333. The second kappa shape index (κ2) is 9.62. The summed E-state index contributed by atoms with van der Waals surface area (Å²) in [5, 5.41) is 7.52. The van der Waals surface area contributed by atoms with E-state index in [4.69, 9.17) is 0 Å². The molecule has 0 heterocycles. The first-order valence-corrected chi connectivity index (χ1v) is 8.82. The molecule has 0 saturated carbocycles. The average molecular weight is 337 g/mol. The zero-order valence-corrected chi connectivity index (χ0v) is 15.3. The van der Waals surface area contributed by atoms with E-state index < -0.39 is 0 Å². The molecule has 1 amide bonds. The van der Waals surface area contributed by atoms with Crippen molar-refractivity contribution in [3.05, 3.63) is 65.2 Å². The summed E-state index contributed by atoms with van der Waals surface area (Å²) >= 11 is 0. The van der Waals surface area contributed by atoms with Crippen LogP contribution in [0.3, 0.4) is 0 Å². The number of rotatable bonds is 8. The van der Waals surface area contributed by atoms with Gasteiger partial charge < -0.3 is 5.32 Å². The summed E-state index contributed by atoms with van der Waals surface area (Å²) in [7, 11) is 0. The molecule has 2 aromatic rings. The average Bonchev–Trinajstić information content (AvgIpc) is 2.62. The fourth-order valence-electron chi connectivity index (χ4n) is 2.60. The quantitative estimate of drug-likeness (QED) is 0.553. The third kappa shape index (κ3) is 6.07. The van der Waals surface area contributed by atoms with Gasteiger partial charge in [0.25, 0.3) is 5.91 Å². The second-order valence-corrected chi connectivity index (χ2v) is 6.23. The molecule has 0 aliphatic rings. The van der Waals surface area contributed by atoms with Crippen molar-refractivity contribution in [2.24, 2.45) is 5.10 Å². The number of nitrogens with zero attached hydrogens (tertiary/aromatic N) is 1. The van der Waals surface area contributed by atoms with E-state index in [1.807, 2.05) is 49.4 Å². The molecule has 2 rings (SSSR count). The first kappa shape index (κ1) is 18.7. The van der Waals surface area contributed by atoms with Crippen molar-refractivity contribution in [1.82, 2.24) is 5.43 Å². The van der Waals surface area contributed by atoms with Crippen LogP contribution in [-0.2, 0) is 4.79 Å². The first-order chi connectivity index (χ1) is 12.1. The number of amides is 1. The number of hydrogen-bond donors (Lipinski definition) is 2. The maximum atomic E-state index is 12.1. The SMILES string of the molecule is CCCC/C(=N\NC(=O)CNc1ccc(C)cc1C)c1ccccc1. The highest BCUT2D eigenvalue weighted by molar-refractivity contribution is 6.01. The Hall–Kier alpha value is -2.62. The van der Waals surface area contributed by atoms with E-state index in [1.165, 1.54) is 5.56 Å². The summed E-state index contributed by atoms with van der Waals surface area (Å²) in [5.41, 5.74) is 7.96. The Balaban J connectivity index is 1.96. The van der Waals surface area contributed by atoms with Crippen LogP contribution in [0, 0.1) is 13.8 Å². The highest BCUT2D eigenvalue weighted by Gasteiger charge is 2.06. The molecule has 0 aliphatic carbocycles. The van der Waals surface area contributed by atoms with E-state index in [1.54, 1.807) is 0 Å². The molecule has 0 aliphatic heterocycles. The number of hydrogen-bond acceptors (Lipinski definition) is 3. The van der Waals surface area contributed by atoms with Crippen LogP contribution in [0.15, 0.2) is 53.6 Å².